The molecule has 0 saturated heterocycles. The summed E-state index contributed by atoms with van der Waals surface area (Å²) in [7, 11) is 0. The first-order valence-corrected chi connectivity index (χ1v) is 8.92. The fraction of sp³-hybridized carbons (Fsp3) is 0.111. The summed E-state index contributed by atoms with van der Waals surface area (Å²) in [5.74, 6) is 0.705. The summed E-state index contributed by atoms with van der Waals surface area (Å²) in [6, 6.07) is 14.9. The quantitative estimate of drug-likeness (QED) is 0.321. The number of aromatic nitrogens is 2. The van der Waals surface area contributed by atoms with Gasteiger partial charge in [0.25, 0.3) is 0 Å². The zero-order valence-corrected chi connectivity index (χ0v) is 15.0. The molecule has 0 saturated carbocycles. The maximum Gasteiger partial charge on any atom is 0.250 e. The number of nitrogens with zero attached hydrogens (tertiary/aromatic N) is 3. The van der Waals surface area contributed by atoms with Crippen LogP contribution in [0.3, 0.4) is 0 Å². The second kappa shape index (κ2) is 8.09. The Morgan fingerprint density at radius 2 is 1.96 bits per heavy atom. The highest BCUT2D eigenvalue weighted by molar-refractivity contribution is 8.00. The number of aryl methyl sites for hydroxylation is 1. The molecular weight excluding hydrogens is 356 g/mol. The van der Waals surface area contributed by atoms with Crippen LogP contribution < -0.4 is 5.43 Å². The van der Waals surface area contributed by atoms with Gasteiger partial charge in [0.05, 0.1) is 17.5 Å². The first kappa shape index (κ1) is 17.4. The molecule has 126 valence electrons. The third kappa shape index (κ3) is 4.78. The van der Waals surface area contributed by atoms with Crippen LogP contribution >= 0.6 is 23.4 Å². The van der Waals surface area contributed by atoms with Gasteiger partial charge in [0.2, 0.25) is 5.91 Å². The topological polar surface area (TPSA) is 67.2 Å². The largest absolute Gasteiger partial charge is 0.272 e. The van der Waals surface area contributed by atoms with E-state index in [4.69, 9.17) is 11.6 Å². The van der Waals surface area contributed by atoms with Crippen molar-refractivity contribution in [3.63, 3.8) is 0 Å². The second-order valence-corrected chi connectivity index (χ2v) is 6.63. The standard InChI is InChI=1S/C18H15ClN4OS/c1-12-21-16-5-3-2-4-15(16)18(22-12)25-11-17(24)23-20-10-13-6-8-14(19)9-7-13/h2-10H,11H2,1H3,(H,23,24). The van der Waals surface area contributed by atoms with Crippen molar-refractivity contribution in [3.8, 4) is 0 Å². The average molecular weight is 371 g/mol. The van der Waals surface area contributed by atoms with Gasteiger partial charge in [-0.1, -0.05) is 53.7 Å². The molecule has 2 aromatic carbocycles. The fourth-order valence-electron chi connectivity index (χ4n) is 2.16. The molecule has 0 atom stereocenters. The van der Waals surface area contributed by atoms with E-state index in [0.717, 1.165) is 21.5 Å². The third-order valence-electron chi connectivity index (χ3n) is 3.29. The van der Waals surface area contributed by atoms with E-state index < -0.39 is 0 Å². The number of fused-ring (bicyclic) bond motifs is 1. The minimum absolute atomic E-state index is 0.199. The molecule has 7 heteroatoms. The number of halogens is 1. The molecule has 0 spiro atoms. The van der Waals surface area contributed by atoms with Crippen LogP contribution in [0.2, 0.25) is 5.02 Å². The Bertz CT molecular complexity index is 928. The molecule has 0 aliphatic carbocycles. The van der Waals surface area contributed by atoms with E-state index in [1.165, 1.54) is 11.8 Å². The third-order valence-corrected chi connectivity index (χ3v) is 4.54. The van der Waals surface area contributed by atoms with Crippen LogP contribution in [0.15, 0.2) is 58.7 Å². The predicted octanol–water partition coefficient (Wildman–Crippen LogP) is 3.83. The lowest BCUT2D eigenvalue weighted by molar-refractivity contribution is -0.118. The van der Waals surface area contributed by atoms with Crippen LogP contribution in [0.4, 0.5) is 0 Å². The average Bonchev–Trinajstić information content (AvgIpc) is 2.61. The Labute approximate surface area is 154 Å². The van der Waals surface area contributed by atoms with Gasteiger partial charge in [-0.2, -0.15) is 5.10 Å². The highest BCUT2D eigenvalue weighted by Crippen LogP contribution is 2.24. The van der Waals surface area contributed by atoms with Gasteiger partial charge >= 0.3 is 0 Å². The smallest absolute Gasteiger partial charge is 0.250 e. The van der Waals surface area contributed by atoms with E-state index in [1.807, 2.05) is 43.3 Å². The Morgan fingerprint density at radius 1 is 1.20 bits per heavy atom. The lowest BCUT2D eigenvalue weighted by atomic mass is 10.2. The van der Waals surface area contributed by atoms with E-state index in [2.05, 4.69) is 20.5 Å². The van der Waals surface area contributed by atoms with Gasteiger partial charge in [-0.05, 0) is 30.7 Å². The zero-order valence-electron chi connectivity index (χ0n) is 13.4. The molecule has 0 unspecified atom stereocenters. The van der Waals surface area contributed by atoms with Gasteiger partial charge < -0.3 is 0 Å². The number of hydrogen-bond acceptors (Lipinski definition) is 5. The number of rotatable bonds is 5. The molecule has 3 rings (SSSR count). The highest BCUT2D eigenvalue weighted by atomic mass is 35.5. The van der Waals surface area contributed by atoms with Crippen LogP contribution in [0.1, 0.15) is 11.4 Å². The normalized spacial score (nSPS) is 11.1. The summed E-state index contributed by atoms with van der Waals surface area (Å²) >= 11 is 7.19. The predicted molar refractivity (Wildman–Crippen MR) is 102 cm³/mol. The number of carbonyl (C=O) groups is 1. The molecular formula is C18H15ClN4OS. The van der Waals surface area contributed by atoms with Gasteiger partial charge in [-0.25, -0.2) is 15.4 Å². The van der Waals surface area contributed by atoms with E-state index in [0.29, 0.717) is 10.8 Å². The lowest BCUT2D eigenvalue weighted by Crippen LogP contribution is -2.19. The number of carbonyl (C=O) groups excluding carboxylic acids is 1. The van der Waals surface area contributed by atoms with Gasteiger partial charge in [0.1, 0.15) is 10.9 Å². The van der Waals surface area contributed by atoms with Crippen molar-refractivity contribution < 1.29 is 4.79 Å². The molecule has 1 heterocycles. The van der Waals surface area contributed by atoms with Crippen LogP contribution in [0.25, 0.3) is 10.9 Å². The van der Waals surface area contributed by atoms with Crippen LogP contribution in [-0.2, 0) is 4.79 Å². The van der Waals surface area contributed by atoms with E-state index in [-0.39, 0.29) is 11.7 Å². The molecule has 1 aromatic heterocycles. The lowest BCUT2D eigenvalue weighted by Gasteiger charge is -2.05. The van der Waals surface area contributed by atoms with Gasteiger partial charge in [-0.3, -0.25) is 4.79 Å². The summed E-state index contributed by atoms with van der Waals surface area (Å²) in [5, 5.41) is 6.34. The van der Waals surface area contributed by atoms with Crippen molar-refractivity contribution in [2.45, 2.75) is 11.9 Å². The Kier molecular flexibility index (Phi) is 5.63. The number of benzene rings is 2. The van der Waals surface area contributed by atoms with Crippen molar-refractivity contribution in [1.82, 2.24) is 15.4 Å². The number of hydrogen-bond donors (Lipinski definition) is 1. The molecule has 0 aliphatic heterocycles. The molecule has 25 heavy (non-hydrogen) atoms. The molecule has 0 bridgehead atoms. The summed E-state index contributed by atoms with van der Waals surface area (Å²) in [5.41, 5.74) is 4.24. The SMILES string of the molecule is Cc1nc(SCC(=O)NN=Cc2ccc(Cl)cc2)c2ccccc2n1. The molecule has 0 radical (unpaired) electrons. The number of thioether (sulfide) groups is 1. The Morgan fingerprint density at radius 3 is 2.76 bits per heavy atom. The number of nitrogens with one attached hydrogen (secondary N) is 1. The molecule has 0 fully saturated rings. The van der Waals surface area contributed by atoms with Crippen LogP contribution in [0, 0.1) is 6.92 Å². The van der Waals surface area contributed by atoms with Crippen molar-refractivity contribution >= 4 is 46.4 Å². The molecule has 1 N–H and O–H groups in total. The summed E-state index contributed by atoms with van der Waals surface area (Å²) in [4.78, 5) is 20.8. The maximum absolute atomic E-state index is 12.0. The molecule has 1 amide bonds. The monoisotopic (exact) mass is 370 g/mol. The van der Waals surface area contributed by atoms with E-state index >= 15 is 0 Å². The molecule has 0 aliphatic rings. The zero-order chi connectivity index (χ0) is 17.6. The Hall–Kier alpha value is -2.44. The van der Waals surface area contributed by atoms with Crippen LogP contribution in [0.5, 0.6) is 0 Å². The highest BCUT2D eigenvalue weighted by Gasteiger charge is 2.08. The van der Waals surface area contributed by atoms with Gasteiger partial charge in [0.15, 0.2) is 0 Å². The first-order valence-electron chi connectivity index (χ1n) is 7.55. The van der Waals surface area contributed by atoms with Crippen molar-refractivity contribution in [2.24, 2.45) is 5.10 Å². The Balaban J connectivity index is 1.60. The summed E-state index contributed by atoms with van der Waals surface area (Å²) in [6.07, 6.45) is 1.57. The molecule has 5 nitrogen and oxygen atoms in total. The van der Waals surface area contributed by atoms with Gasteiger partial charge in [0, 0.05) is 10.4 Å². The van der Waals surface area contributed by atoms with Crippen molar-refractivity contribution in [2.75, 3.05) is 5.75 Å². The van der Waals surface area contributed by atoms with Gasteiger partial charge in [-0.15, -0.1) is 0 Å². The van der Waals surface area contributed by atoms with Crippen LogP contribution in [-0.4, -0.2) is 27.8 Å². The fourth-order valence-corrected chi connectivity index (χ4v) is 3.15. The number of hydrazone groups is 1. The number of para-hydroxylation sites is 1. The van der Waals surface area contributed by atoms with E-state index in [1.54, 1.807) is 18.3 Å². The van der Waals surface area contributed by atoms with Crippen molar-refractivity contribution in [1.29, 1.82) is 0 Å². The minimum atomic E-state index is -0.199. The van der Waals surface area contributed by atoms with E-state index in [9.17, 15) is 4.79 Å². The molecule has 3 aromatic rings. The summed E-state index contributed by atoms with van der Waals surface area (Å²) in [6.45, 7) is 1.84. The van der Waals surface area contributed by atoms with Crippen molar-refractivity contribution in [3.05, 3.63) is 64.9 Å². The summed E-state index contributed by atoms with van der Waals surface area (Å²) < 4.78 is 0. The minimum Gasteiger partial charge on any atom is -0.272 e. The first-order chi connectivity index (χ1) is 12.1. The second-order valence-electron chi connectivity index (χ2n) is 5.23. The number of amides is 1. The maximum atomic E-state index is 12.0.